The van der Waals surface area contributed by atoms with Crippen molar-refractivity contribution in [2.24, 2.45) is 5.92 Å². The van der Waals surface area contributed by atoms with Gasteiger partial charge in [-0.1, -0.05) is 66.0 Å². The molecule has 0 aliphatic rings. The minimum Gasteiger partial charge on any atom is -0.492 e. The number of carbonyl (C=O) groups is 2. The van der Waals surface area contributed by atoms with Crippen LogP contribution in [0.15, 0.2) is 72.8 Å². The molecule has 1 N–H and O–H groups in total. The van der Waals surface area contributed by atoms with Crippen LogP contribution < -0.4 is 4.74 Å². The van der Waals surface area contributed by atoms with Gasteiger partial charge in [0.2, 0.25) is 5.78 Å². The van der Waals surface area contributed by atoms with Crippen molar-refractivity contribution in [3.8, 4) is 5.75 Å². The number of benzene rings is 3. The summed E-state index contributed by atoms with van der Waals surface area (Å²) in [5.74, 6) is -3.40. The fourth-order valence-corrected chi connectivity index (χ4v) is 5.00. The highest BCUT2D eigenvalue weighted by atomic mass is 35.5. The Morgan fingerprint density at radius 1 is 0.881 bits per heavy atom. The van der Waals surface area contributed by atoms with Crippen LogP contribution in [0.5, 0.6) is 5.75 Å². The number of hydrogen-bond donors (Lipinski definition) is 1. The molecule has 5 nitrogen and oxygen atoms in total. The van der Waals surface area contributed by atoms with Gasteiger partial charge in [0.05, 0.1) is 0 Å². The predicted molar refractivity (Wildman–Crippen MR) is 159 cm³/mol. The number of hydrogen-bond acceptors (Lipinski definition) is 4. The Labute approximate surface area is 254 Å². The first-order valence-corrected chi connectivity index (χ1v) is 14.4. The molecule has 0 fully saturated rings. The van der Waals surface area contributed by atoms with Gasteiger partial charge in [0.15, 0.2) is 0 Å². The molecule has 1 atom stereocenters. The molecule has 3 rings (SSSR count). The zero-order valence-corrected chi connectivity index (χ0v) is 24.8. The van der Waals surface area contributed by atoms with E-state index in [0.29, 0.717) is 41.1 Å². The second-order valence-corrected chi connectivity index (χ2v) is 11.2. The van der Waals surface area contributed by atoms with Crippen LogP contribution in [0.25, 0.3) is 0 Å². The summed E-state index contributed by atoms with van der Waals surface area (Å²) < 4.78 is 45.3. The molecule has 1 unspecified atom stereocenters. The minimum atomic E-state index is -4.94. The lowest BCUT2D eigenvalue weighted by molar-refractivity contribution is -0.175. The van der Waals surface area contributed by atoms with Gasteiger partial charge in [-0.15, -0.1) is 0 Å². The highest BCUT2D eigenvalue weighted by molar-refractivity contribution is 6.30. The van der Waals surface area contributed by atoms with Crippen LogP contribution in [-0.4, -0.2) is 54.7 Å². The summed E-state index contributed by atoms with van der Waals surface area (Å²) in [6.07, 6.45) is -4.74. The Balaban J connectivity index is 1.55. The lowest BCUT2D eigenvalue weighted by Gasteiger charge is -2.25. The van der Waals surface area contributed by atoms with Crippen LogP contribution in [-0.2, 0) is 16.0 Å². The van der Waals surface area contributed by atoms with E-state index in [-0.39, 0.29) is 38.0 Å². The first kappa shape index (κ1) is 33.4. The summed E-state index contributed by atoms with van der Waals surface area (Å²) in [5.41, 5.74) is 2.82. The third-order valence-electron chi connectivity index (χ3n) is 7.03. The van der Waals surface area contributed by atoms with Crippen LogP contribution in [0.3, 0.4) is 0 Å². The first-order chi connectivity index (χ1) is 19.9. The summed E-state index contributed by atoms with van der Waals surface area (Å²) in [6, 6.07) is 22.2. The molecule has 0 aliphatic carbocycles. The summed E-state index contributed by atoms with van der Waals surface area (Å²) in [6.45, 7) is 1.73. The molecular weight excluding hydrogens is 590 g/mol. The smallest absolute Gasteiger partial charge is 0.450 e. The maximum absolute atomic E-state index is 13.1. The SMILES string of the molecule is CN(CCOc1ccc(CC(CCCCC(=O)O)C(=O)C(F)(F)F)cc1)CC(c1ccc(Cl)cc1)c1ccc(Cl)cc1. The molecule has 0 aromatic heterocycles. The van der Waals surface area contributed by atoms with Crippen LogP contribution in [0.1, 0.15) is 48.3 Å². The molecule has 3 aromatic rings. The zero-order valence-electron chi connectivity index (χ0n) is 23.2. The molecule has 10 heteroatoms. The molecule has 0 bridgehead atoms. The summed E-state index contributed by atoms with van der Waals surface area (Å²) in [7, 11) is 2.00. The Morgan fingerprint density at radius 2 is 1.43 bits per heavy atom. The number of halogens is 5. The van der Waals surface area contributed by atoms with Crippen LogP contribution in [0.2, 0.25) is 10.0 Å². The van der Waals surface area contributed by atoms with Gasteiger partial charge in [0, 0.05) is 41.4 Å². The molecule has 0 heterocycles. The van der Waals surface area contributed by atoms with Gasteiger partial charge in [-0.05, 0) is 79.4 Å². The van der Waals surface area contributed by atoms with Gasteiger partial charge in [-0.25, -0.2) is 0 Å². The van der Waals surface area contributed by atoms with Crippen molar-refractivity contribution < 1.29 is 32.6 Å². The van der Waals surface area contributed by atoms with Crippen molar-refractivity contribution >= 4 is 35.0 Å². The molecule has 3 aromatic carbocycles. The third-order valence-corrected chi connectivity index (χ3v) is 7.53. The number of alkyl halides is 3. The molecule has 226 valence electrons. The van der Waals surface area contributed by atoms with Gasteiger partial charge in [-0.3, -0.25) is 9.59 Å². The van der Waals surface area contributed by atoms with E-state index < -0.39 is 23.8 Å². The van der Waals surface area contributed by atoms with E-state index in [9.17, 15) is 22.8 Å². The molecule has 0 radical (unpaired) electrons. The number of unbranched alkanes of at least 4 members (excludes halogenated alkanes) is 1. The van der Waals surface area contributed by atoms with E-state index in [1.165, 1.54) is 0 Å². The second kappa shape index (κ2) is 16.0. The maximum atomic E-state index is 13.1. The Hall–Kier alpha value is -3.07. The van der Waals surface area contributed by atoms with E-state index >= 15 is 0 Å². The molecule has 0 amide bonds. The highest BCUT2D eigenvalue weighted by Crippen LogP contribution is 2.29. The molecule has 42 heavy (non-hydrogen) atoms. The van der Waals surface area contributed by atoms with Gasteiger partial charge < -0.3 is 14.7 Å². The first-order valence-electron chi connectivity index (χ1n) is 13.7. The predicted octanol–water partition coefficient (Wildman–Crippen LogP) is 8.07. The molecular formula is C32H34Cl2F3NO4. The number of rotatable bonds is 16. The van der Waals surface area contributed by atoms with E-state index in [0.717, 1.165) is 11.1 Å². The largest absolute Gasteiger partial charge is 0.492 e. The van der Waals surface area contributed by atoms with Crippen molar-refractivity contribution in [2.45, 2.75) is 44.2 Å². The van der Waals surface area contributed by atoms with E-state index in [1.54, 1.807) is 24.3 Å². The number of carboxylic acids is 1. The van der Waals surface area contributed by atoms with Crippen molar-refractivity contribution in [1.29, 1.82) is 0 Å². The minimum absolute atomic E-state index is 0.0246. The van der Waals surface area contributed by atoms with Crippen LogP contribution >= 0.6 is 23.2 Å². The van der Waals surface area contributed by atoms with E-state index in [2.05, 4.69) is 4.90 Å². The van der Waals surface area contributed by atoms with Crippen molar-refractivity contribution in [1.82, 2.24) is 4.90 Å². The van der Waals surface area contributed by atoms with Gasteiger partial charge in [0.1, 0.15) is 12.4 Å². The Morgan fingerprint density at radius 3 is 1.93 bits per heavy atom. The van der Waals surface area contributed by atoms with E-state index in [1.807, 2.05) is 55.6 Å². The third kappa shape index (κ3) is 11.0. The zero-order chi connectivity index (χ0) is 30.7. The van der Waals surface area contributed by atoms with Crippen LogP contribution in [0, 0.1) is 5.92 Å². The standard InChI is InChI=1S/C32H34Cl2F3NO4/c1-38(21-29(23-8-12-26(33)13-9-23)24-10-14-27(34)15-11-24)18-19-42-28-16-6-22(7-17-28)20-25(31(41)32(35,36)37)4-2-3-5-30(39)40/h6-17,25,29H,2-5,18-21H2,1H3,(H,39,40). The van der Waals surface area contributed by atoms with Gasteiger partial charge in [-0.2, -0.15) is 13.2 Å². The topological polar surface area (TPSA) is 66.8 Å². The average Bonchev–Trinajstić information content (AvgIpc) is 2.94. The normalized spacial score (nSPS) is 12.5. The van der Waals surface area contributed by atoms with Crippen LogP contribution in [0.4, 0.5) is 13.2 Å². The number of Topliss-reactive ketones (excluding diaryl/α,β-unsaturated/α-hetero) is 1. The lowest BCUT2D eigenvalue weighted by Crippen LogP contribution is -2.31. The molecule has 0 saturated carbocycles. The number of aliphatic carboxylic acids is 1. The average molecular weight is 625 g/mol. The number of carbonyl (C=O) groups excluding carboxylic acids is 1. The Bertz CT molecular complexity index is 1240. The molecule has 0 saturated heterocycles. The number of carboxylic acid groups (broad SMARTS) is 1. The summed E-state index contributed by atoms with van der Waals surface area (Å²) >= 11 is 12.2. The van der Waals surface area contributed by atoms with Crippen molar-refractivity contribution in [2.75, 3.05) is 26.7 Å². The van der Waals surface area contributed by atoms with Gasteiger partial charge in [0.25, 0.3) is 0 Å². The number of ketones is 1. The Kier molecular flexibility index (Phi) is 12.7. The quantitative estimate of drug-likeness (QED) is 0.163. The summed E-state index contributed by atoms with van der Waals surface area (Å²) in [4.78, 5) is 24.8. The van der Waals surface area contributed by atoms with Crippen molar-refractivity contribution in [3.63, 3.8) is 0 Å². The molecule has 0 spiro atoms. The molecule has 0 aliphatic heterocycles. The van der Waals surface area contributed by atoms with Gasteiger partial charge >= 0.3 is 12.1 Å². The fraction of sp³-hybridized carbons (Fsp3) is 0.375. The monoisotopic (exact) mass is 623 g/mol. The highest BCUT2D eigenvalue weighted by Gasteiger charge is 2.42. The van der Waals surface area contributed by atoms with E-state index in [4.69, 9.17) is 33.0 Å². The van der Waals surface area contributed by atoms with Crippen molar-refractivity contribution in [3.05, 3.63) is 99.5 Å². The maximum Gasteiger partial charge on any atom is 0.450 e. The fourth-order valence-electron chi connectivity index (χ4n) is 4.75. The number of likely N-dealkylation sites (N-methyl/N-ethyl adjacent to an activating group) is 1. The summed E-state index contributed by atoms with van der Waals surface area (Å²) in [5, 5.41) is 10.1. The lowest BCUT2D eigenvalue weighted by atomic mass is 9.89. The second-order valence-electron chi connectivity index (χ2n) is 10.3. The number of ether oxygens (including phenoxy) is 1. The number of nitrogens with zero attached hydrogens (tertiary/aromatic N) is 1.